The molecule has 0 spiro atoms. The summed E-state index contributed by atoms with van der Waals surface area (Å²) in [7, 11) is 0. The number of carbonyl (C=O) groups excluding carboxylic acids is 1. The Bertz CT molecular complexity index is 1100. The third-order valence-electron chi connectivity index (χ3n) is 3.99. The van der Waals surface area contributed by atoms with Crippen molar-refractivity contribution in [2.24, 2.45) is 5.73 Å². The fourth-order valence-electron chi connectivity index (χ4n) is 2.61. The van der Waals surface area contributed by atoms with Crippen LogP contribution < -0.4 is 26.7 Å². The average Bonchev–Trinajstić information content (AvgIpc) is 2.71. The first-order valence-corrected chi connectivity index (χ1v) is 9.53. The summed E-state index contributed by atoms with van der Waals surface area (Å²) in [6, 6.07) is 13.6. The Morgan fingerprint density at radius 2 is 1.93 bits per heavy atom. The van der Waals surface area contributed by atoms with Gasteiger partial charge in [-0.25, -0.2) is 4.79 Å². The Morgan fingerprint density at radius 1 is 1.17 bits per heavy atom. The smallest absolute Gasteiger partial charge is 0.346 e. The van der Waals surface area contributed by atoms with E-state index in [0.717, 1.165) is 0 Å². The molecule has 0 aliphatic carbocycles. The Hall–Kier alpha value is -3.10. The van der Waals surface area contributed by atoms with Crippen LogP contribution in [0.5, 0.6) is 5.95 Å². The lowest BCUT2D eigenvalue weighted by Crippen LogP contribution is -2.30. The minimum absolute atomic E-state index is 0.0550. The molecule has 3 aromatic rings. The second-order valence-corrected chi connectivity index (χ2v) is 6.88. The van der Waals surface area contributed by atoms with Gasteiger partial charge < -0.3 is 25.5 Å². The molecule has 0 aliphatic heterocycles. The van der Waals surface area contributed by atoms with Crippen molar-refractivity contribution in [1.82, 2.24) is 5.32 Å². The second kappa shape index (κ2) is 9.40. The number of thiocarbonyl (C=S) groups is 1. The fraction of sp³-hybridized carbons (Fsp3) is 0.150. The standard InChI is InChI=1S/C20H18ClN3O4S/c21-16-14-8-7-13(24-17(25)12-5-2-1-3-6-12)11-15(14)18(26)28-19(16)27-10-4-9-23-20(22)29/h1-3,5-8,11H,4,9-10H2,(H,24,25)(H3,22,23,29). The molecule has 1 heterocycles. The van der Waals surface area contributed by atoms with Gasteiger partial charge in [0.15, 0.2) is 5.11 Å². The van der Waals surface area contributed by atoms with Crippen molar-refractivity contribution in [2.75, 3.05) is 18.5 Å². The van der Waals surface area contributed by atoms with Gasteiger partial charge in [-0.05, 0) is 42.9 Å². The summed E-state index contributed by atoms with van der Waals surface area (Å²) in [4.78, 5) is 24.7. The molecule has 1 aromatic heterocycles. The Morgan fingerprint density at radius 3 is 2.66 bits per heavy atom. The number of halogens is 1. The SMILES string of the molecule is NC(=S)NCCCOc1oc(=O)c2cc(NC(=O)c3ccccc3)ccc2c1Cl. The van der Waals surface area contributed by atoms with Gasteiger partial charge in [-0.1, -0.05) is 35.9 Å². The first kappa shape index (κ1) is 20.6. The van der Waals surface area contributed by atoms with Gasteiger partial charge in [0.25, 0.3) is 5.91 Å². The van der Waals surface area contributed by atoms with E-state index in [9.17, 15) is 9.59 Å². The monoisotopic (exact) mass is 431 g/mol. The third-order valence-corrected chi connectivity index (χ3v) is 4.49. The maximum absolute atomic E-state index is 12.4. The molecule has 4 N–H and O–H groups in total. The highest BCUT2D eigenvalue weighted by Gasteiger charge is 2.15. The van der Waals surface area contributed by atoms with Gasteiger partial charge in [-0.3, -0.25) is 4.79 Å². The van der Waals surface area contributed by atoms with E-state index in [-0.39, 0.29) is 34.0 Å². The zero-order valence-electron chi connectivity index (χ0n) is 15.2. The van der Waals surface area contributed by atoms with E-state index in [4.69, 9.17) is 38.7 Å². The van der Waals surface area contributed by atoms with E-state index < -0.39 is 5.63 Å². The molecular weight excluding hydrogens is 414 g/mol. The highest BCUT2D eigenvalue weighted by atomic mass is 35.5. The number of nitrogens with two attached hydrogens (primary N) is 1. The number of hydrogen-bond donors (Lipinski definition) is 3. The molecule has 0 bridgehead atoms. The zero-order chi connectivity index (χ0) is 20.8. The second-order valence-electron chi connectivity index (χ2n) is 6.06. The average molecular weight is 432 g/mol. The molecule has 7 nitrogen and oxygen atoms in total. The maximum Gasteiger partial charge on any atom is 0.346 e. The third kappa shape index (κ3) is 5.24. The van der Waals surface area contributed by atoms with Crippen LogP contribution in [0.1, 0.15) is 16.8 Å². The van der Waals surface area contributed by atoms with Gasteiger partial charge >= 0.3 is 11.6 Å². The number of amides is 1. The van der Waals surface area contributed by atoms with Crippen LogP contribution in [0.2, 0.25) is 5.02 Å². The predicted molar refractivity (Wildman–Crippen MR) is 117 cm³/mol. The highest BCUT2D eigenvalue weighted by molar-refractivity contribution is 7.80. The van der Waals surface area contributed by atoms with Crippen molar-refractivity contribution >= 4 is 51.3 Å². The summed E-state index contributed by atoms with van der Waals surface area (Å²) in [5.74, 6) is -0.341. The van der Waals surface area contributed by atoms with Crippen LogP contribution in [0, 0.1) is 0 Å². The first-order chi connectivity index (χ1) is 14.0. The summed E-state index contributed by atoms with van der Waals surface area (Å²) in [5, 5.41) is 6.63. The first-order valence-electron chi connectivity index (χ1n) is 8.74. The molecule has 2 aromatic carbocycles. The number of rotatable bonds is 7. The summed E-state index contributed by atoms with van der Waals surface area (Å²) >= 11 is 11.0. The topological polar surface area (TPSA) is 107 Å². The lowest BCUT2D eigenvalue weighted by Gasteiger charge is -2.10. The van der Waals surface area contributed by atoms with Crippen molar-refractivity contribution in [3.8, 4) is 5.95 Å². The van der Waals surface area contributed by atoms with E-state index >= 15 is 0 Å². The van der Waals surface area contributed by atoms with Crippen molar-refractivity contribution < 1.29 is 13.9 Å². The quantitative estimate of drug-likeness (QED) is 0.389. The fourth-order valence-corrected chi connectivity index (χ4v) is 2.97. The predicted octanol–water partition coefficient (Wildman–Crippen LogP) is 3.30. The summed E-state index contributed by atoms with van der Waals surface area (Å²) in [6.45, 7) is 0.782. The minimum atomic E-state index is -0.614. The summed E-state index contributed by atoms with van der Waals surface area (Å²) in [6.07, 6.45) is 0.583. The lowest BCUT2D eigenvalue weighted by atomic mass is 10.1. The number of fused-ring (bicyclic) bond motifs is 1. The molecule has 0 unspecified atom stereocenters. The van der Waals surface area contributed by atoms with E-state index in [2.05, 4.69) is 10.6 Å². The van der Waals surface area contributed by atoms with Crippen LogP contribution >= 0.6 is 23.8 Å². The van der Waals surface area contributed by atoms with E-state index in [1.165, 1.54) is 6.07 Å². The normalized spacial score (nSPS) is 10.5. The number of hydrogen-bond acceptors (Lipinski definition) is 5. The Kier molecular flexibility index (Phi) is 6.69. The molecule has 3 rings (SSSR count). The molecule has 0 saturated heterocycles. The van der Waals surface area contributed by atoms with Crippen molar-refractivity contribution in [3.05, 3.63) is 69.5 Å². The maximum atomic E-state index is 12.4. The zero-order valence-corrected chi connectivity index (χ0v) is 16.8. The number of ether oxygens (including phenoxy) is 1. The van der Waals surface area contributed by atoms with E-state index in [1.54, 1.807) is 36.4 Å². The minimum Gasteiger partial charge on any atom is -0.464 e. The van der Waals surface area contributed by atoms with Crippen LogP contribution in [0.25, 0.3) is 10.8 Å². The number of nitrogens with one attached hydrogen (secondary N) is 2. The lowest BCUT2D eigenvalue weighted by molar-refractivity contribution is 0.102. The Balaban J connectivity index is 1.76. The van der Waals surface area contributed by atoms with Crippen LogP contribution in [0.3, 0.4) is 0 Å². The molecule has 0 radical (unpaired) electrons. The molecular formula is C20H18ClN3O4S. The molecule has 9 heteroatoms. The van der Waals surface area contributed by atoms with Gasteiger partial charge in [0.1, 0.15) is 5.02 Å². The largest absolute Gasteiger partial charge is 0.464 e. The Labute approximate surface area is 176 Å². The highest BCUT2D eigenvalue weighted by Crippen LogP contribution is 2.32. The van der Waals surface area contributed by atoms with Gasteiger partial charge in [0.2, 0.25) is 0 Å². The van der Waals surface area contributed by atoms with Crippen LogP contribution in [-0.4, -0.2) is 24.2 Å². The van der Waals surface area contributed by atoms with Gasteiger partial charge in [-0.2, -0.15) is 0 Å². The van der Waals surface area contributed by atoms with Gasteiger partial charge in [0, 0.05) is 23.2 Å². The van der Waals surface area contributed by atoms with Crippen LogP contribution in [0.15, 0.2) is 57.7 Å². The molecule has 0 saturated carbocycles. The van der Waals surface area contributed by atoms with E-state index in [0.29, 0.717) is 29.6 Å². The van der Waals surface area contributed by atoms with Crippen LogP contribution in [-0.2, 0) is 0 Å². The number of anilines is 1. The van der Waals surface area contributed by atoms with Crippen LogP contribution in [0.4, 0.5) is 5.69 Å². The summed E-state index contributed by atoms with van der Waals surface area (Å²) in [5.41, 5.74) is 5.68. The van der Waals surface area contributed by atoms with Gasteiger partial charge in [0.05, 0.1) is 12.0 Å². The van der Waals surface area contributed by atoms with Crippen molar-refractivity contribution in [1.29, 1.82) is 0 Å². The van der Waals surface area contributed by atoms with E-state index in [1.807, 2.05) is 6.07 Å². The number of benzene rings is 2. The van der Waals surface area contributed by atoms with Crippen molar-refractivity contribution in [3.63, 3.8) is 0 Å². The van der Waals surface area contributed by atoms with Gasteiger partial charge in [-0.15, -0.1) is 0 Å². The molecule has 0 aliphatic rings. The molecule has 150 valence electrons. The molecule has 0 fully saturated rings. The number of carbonyl (C=O) groups is 1. The van der Waals surface area contributed by atoms with Crippen molar-refractivity contribution in [2.45, 2.75) is 6.42 Å². The molecule has 0 atom stereocenters. The molecule has 29 heavy (non-hydrogen) atoms. The molecule has 1 amide bonds. The summed E-state index contributed by atoms with van der Waals surface area (Å²) < 4.78 is 10.7.